The molecule has 78 valence electrons. The van der Waals surface area contributed by atoms with Crippen molar-refractivity contribution in [2.45, 2.75) is 13.3 Å². The van der Waals surface area contributed by atoms with Gasteiger partial charge in [-0.2, -0.15) is 0 Å². The average Bonchev–Trinajstić information content (AvgIpc) is 2.30. The van der Waals surface area contributed by atoms with Crippen molar-refractivity contribution in [2.75, 3.05) is 0 Å². The fourth-order valence-corrected chi connectivity index (χ4v) is 1.80. The molecule has 0 N–H and O–H groups in total. The number of Topliss-reactive ketones (excluding diaryl/α,β-unsaturated/α-hetero) is 1. The Hall–Kier alpha value is -2.07. The molecule has 0 radical (unpaired) electrons. The number of hydrogen-bond donors (Lipinski definition) is 0. The predicted octanol–water partition coefficient (Wildman–Crippen LogP) is 2.97. The van der Waals surface area contributed by atoms with Gasteiger partial charge in [0.1, 0.15) is 0 Å². The molecule has 2 aromatic rings. The van der Waals surface area contributed by atoms with Crippen molar-refractivity contribution in [2.24, 2.45) is 0 Å². The molecule has 0 saturated carbocycles. The van der Waals surface area contributed by atoms with Crippen LogP contribution < -0.4 is 0 Å². The lowest BCUT2D eigenvalue weighted by Gasteiger charge is -2.03. The van der Waals surface area contributed by atoms with E-state index in [1.165, 1.54) is 0 Å². The van der Waals surface area contributed by atoms with Crippen molar-refractivity contribution in [3.05, 3.63) is 48.0 Å². The smallest absolute Gasteiger partial charge is 0.209 e. The van der Waals surface area contributed by atoms with Crippen LogP contribution in [-0.2, 0) is 11.2 Å². The summed E-state index contributed by atoms with van der Waals surface area (Å²) in [6.45, 7) is 1.68. The second-order valence-electron chi connectivity index (χ2n) is 3.61. The van der Waals surface area contributed by atoms with Crippen molar-refractivity contribution in [1.82, 2.24) is 0 Å². The van der Waals surface area contributed by atoms with Crippen LogP contribution in [0.4, 0.5) is 0 Å². The number of carbonyl (C=O) groups excluding carboxylic acids is 1. The van der Waals surface area contributed by atoms with Crippen LogP contribution in [0.25, 0.3) is 10.8 Å². The SMILES string of the molecule is CC#CC(=O)Cc1cccc2ccccc12. The minimum atomic E-state index is -0.0288. The van der Waals surface area contributed by atoms with Crippen LogP contribution in [0.15, 0.2) is 42.5 Å². The maximum Gasteiger partial charge on any atom is 0.209 e. The van der Waals surface area contributed by atoms with E-state index >= 15 is 0 Å². The van der Waals surface area contributed by atoms with E-state index in [1.807, 2.05) is 30.3 Å². The Labute approximate surface area is 95.1 Å². The Morgan fingerprint density at radius 2 is 1.88 bits per heavy atom. The third-order valence-corrected chi connectivity index (χ3v) is 2.50. The summed E-state index contributed by atoms with van der Waals surface area (Å²) >= 11 is 0. The molecule has 0 aliphatic heterocycles. The summed E-state index contributed by atoms with van der Waals surface area (Å²) in [5, 5.41) is 2.30. The van der Waals surface area contributed by atoms with E-state index in [4.69, 9.17) is 0 Å². The Morgan fingerprint density at radius 1 is 1.12 bits per heavy atom. The highest BCUT2D eigenvalue weighted by molar-refractivity contribution is 5.99. The van der Waals surface area contributed by atoms with E-state index in [2.05, 4.69) is 24.0 Å². The third-order valence-electron chi connectivity index (χ3n) is 2.50. The first kappa shape index (κ1) is 10.4. The van der Waals surface area contributed by atoms with Crippen LogP contribution in [-0.4, -0.2) is 5.78 Å². The number of rotatable bonds is 2. The summed E-state index contributed by atoms with van der Waals surface area (Å²) in [6.07, 6.45) is 0.391. The van der Waals surface area contributed by atoms with Gasteiger partial charge in [-0.05, 0) is 29.2 Å². The van der Waals surface area contributed by atoms with Gasteiger partial charge in [-0.25, -0.2) is 0 Å². The van der Waals surface area contributed by atoms with Crippen molar-refractivity contribution < 1.29 is 4.79 Å². The maximum atomic E-state index is 11.5. The summed E-state index contributed by atoms with van der Waals surface area (Å²) in [5.41, 5.74) is 1.05. The van der Waals surface area contributed by atoms with Gasteiger partial charge < -0.3 is 0 Å². The molecule has 0 saturated heterocycles. The van der Waals surface area contributed by atoms with Gasteiger partial charge in [-0.1, -0.05) is 48.4 Å². The molecule has 0 unspecified atom stereocenters. The van der Waals surface area contributed by atoms with Crippen LogP contribution in [0.2, 0.25) is 0 Å². The molecule has 0 aliphatic carbocycles. The highest BCUT2D eigenvalue weighted by atomic mass is 16.1. The molecule has 2 rings (SSSR count). The lowest BCUT2D eigenvalue weighted by Crippen LogP contribution is -1.99. The van der Waals surface area contributed by atoms with Crippen molar-refractivity contribution in [1.29, 1.82) is 0 Å². The molecule has 1 heteroatoms. The molecule has 1 nitrogen and oxygen atoms in total. The Bertz CT molecular complexity index is 580. The monoisotopic (exact) mass is 208 g/mol. The second-order valence-corrected chi connectivity index (χ2v) is 3.61. The zero-order valence-electron chi connectivity index (χ0n) is 9.16. The molecule has 16 heavy (non-hydrogen) atoms. The minimum absolute atomic E-state index is 0.0288. The molecule has 0 amide bonds. The van der Waals surface area contributed by atoms with E-state index in [-0.39, 0.29) is 5.78 Å². The topological polar surface area (TPSA) is 17.1 Å². The van der Waals surface area contributed by atoms with E-state index < -0.39 is 0 Å². The van der Waals surface area contributed by atoms with Gasteiger partial charge in [0.25, 0.3) is 0 Å². The Morgan fingerprint density at radius 3 is 2.69 bits per heavy atom. The zero-order chi connectivity index (χ0) is 11.4. The van der Waals surface area contributed by atoms with Crippen LogP contribution in [0.1, 0.15) is 12.5 Å². The van der Waals surface area contributed by atoms with Gasteiger partial charge in [-0.3, -0.25) is 4.79 Å². The van der Waals surface area contributed by atoms with Gasteiger partial charge in [0.05, 0.1) is 0 Å². The van der Waals surface area contributed by atoms with E-state index in [0.29, 0.717) is 6.42 Å². The van der Waals surface area contributed by atoms with Gasteiger partial charge in [0, 0.05) is 6.42 Å². The molecule has 0 bridgehead atoms. The molecular weight excluding hydrogens is 196 g/mol. The first-order valence-corrected chi connectivity index (χ1v) is 5.23. The zero-order valence-corrected chi connectivity index (χ0v) is 9.16. The van der Waals surface area contributed by atoms with Crippen LogP contribution in [0, 0.1) is 11.8 Å². The molecule has 0 spiro atoms. The number of hydrogen-bond acceptors (Lipinski definition) is 1. The Balaban J connectivity index is 2.43. The van der Waals surface area contributed by atoms with Crippen LogP contribution in [0.3, 0.4) is 0 Å². The van der Waals surface area contributed by atoms with E-state index in [0.717, 1.165) is 16.3 Å². The summed E-state index contributed by atoms with van der Waals surface area (Å²) in [7, 11) is 0. The number of ketones is 1. The van der Waals surface area contributed by atoms with Gasteiger partial charge >= 0.3 is 0 Å². The first-order valence-electron chi connectivity index (χ1n) is 5.23. The molecule has 2 aromatic carbocycles. The second kappa shape index (κ2) is 4.63. The molecule has 0 aliphatic rings. The summed E-state index contributed by atoms with van der Waals surface area (Å²) < 4.78 is 0. The number of benzene rings is 2. The summed E-state index contributed by atoms with van der Waals surface area (Å²) in [4.78, 5) is 11.5. The normalized spacial score (nSPS) is 9.56. The minimum Gasteiger partial charge on any atom is -0.285 e. The highest BCUT2D eigenvalue weighted by Gasteiger charge is 2.03. The summed E-state index contributed by atoms with van der Waals surface area (Å²) in [5.74, 6) is 5.18. The molecule has 0 aromatic heterocycles. The highest BCUT2D eigenvalue weighted by Crippen LogP contribution is 2.18. The summed E-state index contributed by atoms with van der Waals surface area (Å²) in [6, 6.07) is 14.1. The average molecular weight is 208 g/mol. The quantitative estimate of drug-likeness (QED) is 0.547. The lowest BCUT2D eigenvalue weighted by atomic mass is 10.0. The standard InChI is InChI=1S/C15H12O/c1-2-6-14(16)11-13-9-5-8-12-7-3-4-10-15(12)13/h3-5,7-10H,11H2,1H3. The van der Waals surface area contributed by atoms with Crippen molar-refractivity contribution in [3.8, 4) is 11.8 Å². The maximum absolute atomic E-state index is 11.5. The lowest BCUT2D eigenvalue weighted by molar-refractivity contribution is -0.113. The van der Waals surface area contributed by atoms with E-state index in [9.17, 15) is 4.79 Å². The predicted molar refractivity (Wildman–Crippen MR) is 66.1 cm³/mol. The van der Waals surface area contributed by atoms with E-state index in [1.54, 1.807) is 6.92 Å². The van der Waals surface area contributed by atoms with Crippen LogP contribution in [0.5, 0.6) is 0 Å². The van der Waals surface area contributed by atoms with Gasteiger partial charge in [0.15, 0.2) is 0 Å². The Kier molecular flexibility index (Phi) is 3.03. The molecule has 0 heterocycles. The van der Waals surface area contributed by atoms with Crippen molar-refractivity contribution >= 4 is 16.6 Å². The van der Waals surface area contributed by atoms with Gasteiger partial charge in [0.2, 0.25) is 5.78 Å². The third kappa shape index (κ3) is 2.12. The number of carbonyl (C=O) groups is 1. The fourth-order valence-electron chi connectivity index (χ4n) is 1.80. The number of fused-ring (bicyclic) bond motifs is 1. The fraction of sp³-hybridized carbons (Fsp3) is 0.133. The first-order chi connectivity index (χ1) is 7.81. The van der Waals surface area contributed by atoms with Crippen molar-refractivity contribution in [3.63, 3.8) is 0 Å². The van der Waals surface area contributed by atoms with Crippen LogP contribution >= 0.6 is 0 Å². The molecular formula is C15H12O. The molecule has 0 fully saturated rings. The largest absolute Gasteiger partial charge is 0.285 e. The van der Waals surface area contributed by atoms with Gasteiger partial charge in [-0.15, -0.1) is 0 Å². The molecule has 0 atom stereocenters.